The van der Waals surface area contributed by atoms with Gasteiger partial charge in [-0.05, 0) is 49.2 Å². The average Bonchev–Trinajstić information content (AvgIpc) is 2.88. The zero-order valence-electron chi connectivity index (χ0n) is 19.8. The monoisotopic (exact) mass is 506 g/mol. The van der Waals surface area contributed by atoms with E-state index in [0.717, 1.165) is 12.1 Å². The molecule has 2 amide bonds. The third-order valence-corrected chi connectivity index (χ3v) is 6.46. The summed E-state index contributed by atoms with van der Waals surface area (Å²) in [5.41, 5.74) is -0.345. The minimum atomic E-state index is -4.80. The van der Waals surface area contributed by atoms with Gasteiger partial charge in [0.1, 0.15) is 11.5 Å². The van der Waals surface area contributed by atoms with E-state index in [2.05, 4.69) is 4.74 Å². The molecule has 2 aliphatic rings. The molecule has 0 bridgehead atoms. The second-order valence-corrected chi connectivity index (χ2v) is 9.17. The smallest absolute Gasteiger partial charge is 0.493 e. The lowest BCUT2D eigenvalue weighted by Crippen LogP contribution is -2.52. The van der Waals surface area contributed by atoms with E-state index >= 15 is 0 Å². The van der Waals surface area contributed by atoms with Crippen LogP contribution in [0.15, 0.2) is 54.6 Å². The Kier molecular flexibility index (Phi) is 8.03. The number of para-hydroxylation sites is 1. The molecule has 194 valence electrons. The predicted octanol–water partition coefficient (Wildman–Crippen LogP) is 4.14. The van der Waals surface area contributed by atoms with Crippen LogP contribution in [0.2, 0.25) is 0 Å². The SMILES string of the molecule is O=C(C[C@]1(COc2ccccc2)CCCN(C(=O)c2ccc(OC(F)(F)F)cc2)C1)N1CCOCC1. The van der Waals surface area contributed by atoms with E-state index in [1.165, 1.54) is 12.1 Å². The molecular weight excluding hydrogens is 477 g/mol. The summed E-state index contributed by atoms with van der Waals surface area (Å²) in [5.74, 6) is -0.0205. The molecule has 2 heterocycles. The van der Waals surface area contributed by atoms with Gasteiger partial charge in [-0.15, -0.1) is 13.2 Å². The molecule has 0 unspecified atom stereocenters. The van der Waals surface area contributed by atoms with Crippen LogP contribution in [0.1, 0.15) is 29.6 Å². The lowest BCUT2D eigenvalue weighted by Gasteiger charge is -2.43. The van der Waals surface area contributed by atoms with Crippen LogP contribution in [0.5, 0.6) is 11.5 Å². The van der Waals surface area contributed by atoms with Gasteiger partial charge in [0, 0.05) is 43.6 Å². The highest BCUT2D eigenvalue weighted by molar-refractivity contribution is 5.94. The first-order valence-corrected chi connectivity index (χ1v) is 11.9. The lowest BCUT2D eigenvalue weighted by molar-refractivity contribution is -0.274. The molecule has 0 radical (unpaired) electrons. The standard InChI is InChI=1S/C26H29F3N2O5/c27-26(28,29)36-22-9-7-20(8-10-22)24(33)31-12-4-11-25(18-31,19-35-21-5-2-1-3-6-21)17-23(32)30-13-15-34-16-14-30/h1-3,5-10H,4,11-19H2/t25-/m1/s1. The van der Waals surface area contributed by atoms with Crippen molar-refractivity contribution in [3.8, 4) is 11.5 Å². The van der Waals surface area contributed by atoms with Gasteiger partial charge < -0.3 is 24.0 Å². The van der Waals surface area contributed by atoms with Crippen molar-refractivity contribution in [2.24, 2.45) is 5.41 Å². The van der Waals surface area contributed by atoms with Crippen LogP contribution in [0.4, 0.5) is 13.2 Å². The molecule has 2 aromatic carbocycles. The summed E-state index contributed by atoms with van der Waals surface area (Å²) >= 11 is 0. The fourth-order valence-corrected chi connectivity index (χ4v) is 4.67. The summed E-state index contributed by atoms with van der Waals surface area (Å²) in [7, 11) is 0. The van der Waals surface area contributed by atoms with Gasteiger partial charge in [0.25, 0.3) is 5.91 Å². The molecule has 0 aliphatic carbocycles. The highest BCUT2D eigenvalue weighted by Gasteiger charge is 2.41. The Hall–Kier alpha value is -3.27. The van der Waals surface area contributed by atoms with Crippen LogP contribution in [-0.4, -0.2) is 74.0 Å². The first kappa shape index (κ1) is 25.8. The number of nitrogens with zero attached hydrogens (tertiary/aromatic N) is 2. The normalized spacial score (nSPS) is 20.6. The number of carbonyl (C=O) groups excluding carboxylic acids is 2. The second kappa shape index (κ2) is 11.2. The van der Waals surface area contributed by atoms with Gasteiger partial charge in [0.2, 0.25) is 5.91 Å². The summed E-state index contributed by atoms with van der Waals surface area (Å²) in [6.07, 6.45) is -3.20. The molecule has 2 aliphatic heterocycles. The fourth-order valence-electron chi connectivity index (χ4n) is 4.67. The average molecular weight is 507 g/mol. The zero-order chi connectivity index (χ0) is 25.6. The molecule has 7 nitrogen and oxygen atoms in total. The lowest BCUT2D eigenvalue weighted by atomic mass is 9.77. The van der Waals surface area contributed by atoms with Gasteiger partial charge in [-0.2, -0.15) is 0 Å². The summed E-state index contributed by atoms with van der Waals surface area (Å²) in [6.45, 7) is 3.10. The van der Waals surface area contributed by atoms with Crippen LogP contribution in [0.3, 0.4) is 0 Å². The molecule has 10 heteroatoms. The number of likely N-dealkylation sites (tertiary alicyclic amines) is 1. The third kappa shape index (κ3) is 6.90. The molecular formula is C26H29F3N2O5. The number of ether oxygens (including phenoxy) is 3. The van der Waals surface area contributed by atoms with Crippen molar-refractivity contribution < 1.29 is 37.0 Å². The van der Waals surface area contributed by atoms with E-state index in [9.17, 15) is 22.8 Å². The molecule has 0 saturated carbocycles. The fraction of sp³-hybridized carbons (Fsp3) is 0.462. The Morgan fingerprint density at radius 1 is 0.917 bits per heavy atom. The largest absolute Gasteiger partial charge is 0.573 e. The quantitative estimate of drug-likeness (QED) is 0.565. The van der Waals surface area contributed by atoms with E-state index < -0.39 is 11.8 Å². The molecule has 0 spiro atoms. The number of piperidine rings is 1. The molecule has 36 heavy (non-hydrogen) atoms. The molecule has 2 aromatic rings. The topological polar surface area (TPSA) is 68.3 Å². The van der Waals surface area contributed by atoms with E-state index in [1.807, 2.05) is 30.3 Å². The van der Waals surface area contributed by atoms with Gasteiger partial charge >= 0.3 is 6.36 Å². The molecule has 4 rings (SSSR count). The van der Waals surface area contributed by atoms with Crippen molar-refractivity contribution in [3.63, 3.8) is 0 Å². The Balaban J connectivity index is 1.49. The van der Waals surface area contributed by atoms with Crippen molar-refractivity contribution in [2.75, 3.05) is 46.0 Å². The second-order valence-electron chi connectivity index (χ2n) is 9.17. The number of hydrogen-bond acceptors (Lipinski definition) is 5. The highest BCUT2D eigenvalue weighted by atomic mass is 19.4. The molecule has 1 atom stereocenters. The Morgan fingerprint density at radius 3 is 2.28 bits per heavy atom. The number of halogens is 3. The van der Waals surface area contributed by atoms with Gasteiger partial charge in [0.15, 0.2) is 0 Å². The van der Waals surface area contributed by atoms with Crippen LogP contribution >= 0.6 is 0 Å². The number of alkyl halides is 3. The number of benzene rings is 2. The minimum absolute atomic E-state index is 0.00193. The van der Waals surface area contributed by atoms with E-state index in [0.29, 0.717) is 58.0 Å². The van der Waals surface area contributed by atoms with E-state index in [4.69, 9.17) is 9.47 Å². The van der Waals surface area contributed by atoms with E-state index in [-0.39, 0.29) is 36.2 Å². The number of carbonyl (C=O) groups is 2. The number of amides is 2. The summed E-state index contributed by atoms with van der Waals surface area (Å²) in [5, 5.41) is 0. The first-order valence-electron chi connectivity index (χ1n) is 11.9. The van der Waals surface area contributed by atoms with E-state index in [1.54, 1.807) is 9.80 Å². The number of morpholine rings is 1. The highest BCUT2D eigenvalue weighted by Crippen LogP contribution is 2.36. The van der Waals surface area contributed by atoms with Crippen molar-refractivity contribution >= 4 is 11.8 Å². The summed E-state index contributed by atoms with van der Waals surface area (Å²) < 4.78 is 52.7. The van der Waals surface area contributed by atoms with Crippen molar-refractivity contribution in [1.29, 1.82) is 0 Å². The first-order chi connectivity index (χ1) is 17.2. The Labute approximate surface area is 207 Å². The third-order valence-electron chi connectivity index (χ3n) is 6.46. The minimum Gasteiger partial charge on any atom is -0.493 e. The Morgan fingerprint density at radius 2 is 1.61 bits per heavy atom. The molecule has 0 N–H and O–H groups in total. The summed E-state index contributed by atoms with van der Waals surface area (Å²) in [6, 6.07) is 14.2. The van der Waals surface area contributed by atoms with Crippen LogP contribution in [0.25, 0.3) is 0 Å². The van der Waals surface area contributed by atoms with Crippen LogP contribution in [0, 0.1) is 5.41 Å². The number of hydrogen-bond donors (Lipinski definition) is 0. The van der Waals surface area contributed by atoms with Gasteiger partial charge in [-0.1, -0.05) is 18.2 Å². The van der Waals surface area contributed by atoms with Crippen LogP contribution < -0.4 is 9.47 Å². The molecule has 2 fully saturated rings. The predicted molar refractivity (Wildman–Crippen MR) is 125 cm³/mol. The van der Waals surface area contributed by atoms with Gasteiger partial charge in [-0.3, -0.25) is 9.59 Å². The molecule has 2 saturated heterocycles. The zero-order valence-corrected chi connectivity index (χ0v) is 19.8. The van der Waals surface area contributed by atoms with Crippen molar-refractivity contribution in [3.05, 3.63) is 60.2 Å². The van der Waals surface area contributed by atoms with Crippen LogP contribution in [-0.2, 0) is 9.53 Å². The Bertz CT molecular complexity index is 1030. The van der Waals surface area contributed by atoms with Crippen molar-refractivity contribution in [1.82, 2.24) is 9.80 Å². The molecule has 0 aromatic heterocycles. The maximum Gasteiger partial charge on any atom is 0.573 e. The number of rotatable bonds is 7. The van der Waals surface area contributed by atoms with Gasteiger partial charge in [-0.25, -0.2) is 0 Å². The van der Waals surface area contributed by atoms with Gasteiger partial charge in [0.05, 0.1) is 19.8 Å². The maximum atomic E-state index is 13.3. The summed E-state index contributed by atoms with van der Waals surface area (Å²) in [4.78, 5) is 29.9. The maximum absolute atomic E-state index is 13.3. The van der Waals surface area contributed by atoms with Crippen molar-refractivity contribution in [2.45, 2.75) is 25.6 Å².